The van der Waals surface area contributed by atoms with Crippen molar-refractivity contribution in [1.29, 1.82) is 0 Å². The van der Waals surface area contributed by atoms with Gasteiger partial charge in [-0.15, -0.1) is 0 Å². The number of ether oxygens (including phenoxy) is 1. The van der Waals surface area contributed by atoms with Gasteiger partial charge in [0.25, 0.3) is 5.91 Å². The first-order chi connectivity index (χ1) is 12.7. The Morgan fingerprint density at radius 3 is 2.73 bits per heavy atom. The highest BCUT2D eigenvalue weighted by Crippen LogP contribution is 2.19. The number of benzene rings is 1. The van der Waals surface area contributed by atoms with Crippen molar-refractivity contribution >= 4 is 17.5 Å². The summed E-state index contributed by atoms with van der Waals surface area (Å²) in [5.41, 5.74) is 7.65. The van der Waals surface area contributed by atoms with Gasteiger partial charge in [-0.25, -0.2) is 0 Å². The number of nitrogens with zero attached hydrogens (tertiary/aromatic N) is 1. The number of hydrogen-bond donors (Lipinski definition) is 3. The first-order valence-electron chi connectivity index (χ1n) is 8.59. The zero-order chi connectivity index (χ0) is 18.4. The van der Waals surface area contributed by atoms with Crippen LogP contribution in [0.1, 0.15) is 28.8 Å². The highest BCUT2D eigenvalue weighted by molar-refractivity contribution is 6.04. The number of carbonyl (C=O) groups excluding carboxylic acids is 2. The van der Waals surface area contributed by atoms with Crippen LogP contribution < -0.4 is 16.4 Å². The van der Waals surface area contributed by atoms with Crippen LogP contribution in [0.2, 0.25) is 0 Å². The molecule has 1 aromatic carbocycles. The molecule has 2 amide bonds. The summed E-state index contributed by atoms with van der Waals surface area (Å²) < 4.78 is 5.59. The third-order valence-electron chi connectivity index (χ3n) is 4.26. The SMILES string of the molecule is NC[C@H]1CC[C@@H](C(=O)NCc2cccc(NC(=O)c3ccncc3)c2)O1. The third kappa shape index (κ3) is 4.65. The molecule has 0 saturated carbocycles. The van der Waals surface area contributed by atoms with Gasteiger partial charge in [0.2, 0.25) is 5.91 Å². The molecule has 0 unspecified atom stereocenters. The molecular formula is C19H22N4O3. The topological polar surface area (TPSA) is 106 Å². The van der Waals surface area contributed by atoms with Gasteiger partial charge in [0, 0.05) is 36.7 Å². The zero-order valence-electron chi connectivity index (χ0n) is 14.4. The Labute approximate surface area is 151 Å². The Hall–Kier alpha value is -2.77. The van der Waals surface area contributed by atoms with Crippen LogP contribution in [-0.2, 0) is 16.1 Å². The minimum absolute atomic E-state index is 0.0301. The van der Waals surface area contributed by atoms with E-state index in [0.717, 1.165) is 12.0 Å². The fourth-order valence-corrected chi connectivity index (χ4v) is 2.84. The molecule has 1 aliphatic heterocycles. The molecule has 0 aliphatic carbocycles. The van der Waals surface area contributed by atoms with E-state index in [9.17, 15) is 9.59 Å². The fraction of sp³-hybridized carbons (Fsp3) is 0.316. The predicted molar refractivity (Wildman–Crippen MR) is 97.4 cm³/mol. The average Bonchev–Trinajstić information content (AvgIpc) is 3.16. The van der Waals surface area contributed by atoms with Crippen molar-refractivity contribution in [3.05, 3.63) is 59.9 Å². The lowest BCUT2D eigenvalue weighted by molar-refractivity contribution is -0.132. The maximum Gasteiger partial charge on any atom is 0.255 e. The highest BCUT2D eigenvalue weighted by atomic mass is 16.5. The normalized spacial score (nSPS) is 19.1. The summed E-state index contributed by atoms with van der Waals surface area (Å²) in [6.45, 7) is 0.800. The zero-order valence-corrected chi connectivity index (χ0v) is 14.4. The summed E-state index contributed by atoms with van der Waals surface area (Å²) in [6, 6.07) is 10.7. The lowest BCUT2D eigenvalue weighted by Crippen LogP contribution is -2.35. The molecule has 7 nitrogen and oxygen atoms in total. The van der Waals surface area contributed by atoms with E-state index in [-0.39, 0.29) is 17.9 Å². The Morgan fingerprint density at radius 1 is 1.19 bits per heavy atom. The van der Waals surface area contributed by atoms with E-state index in [1.165, 1.54) is 0 Å². The number of nitrogens with one attached hydrogen (secondary N) is 2. The maximum absolute atomic E-state index is 12.2. The van der Waals surface area contributed by atoms with E-state index in [4.69, 9.17) is 10.5 Å². The van der Waals surface area contributed by atoms with Gasteiger partial charge in [0.1, 0.15) is 6.10 Å². The Kier molecular flexibility index (Phi) is 5.93. The number of aromatic nitrogens is 1. The van der Waals surface area contributed by atoms with Gasteiger partial charge in [0.15, 0.2) is 0 Å². The second-order valence-corrected chi connectivity index (χ2v) is 6.17. The number of amides is 2. The van der Waals surface area contributed by atoms with Crippen LogP contribution in [0, 0.1) is 0 Å². The Balaban J connectivity index is 1.54. The van der Waals surface area contributed by atoms with Crippen molar-refractivity contribution in [3.63, 3.8) is 0 Å². The molecule has 1 aliphatic rings. The van der Waals surface area contributed by atoms with E-state index >= 15 is 0 Å². The predicted octanol–water partition coefficient (Wildman–Crippen LogP) is 1.46. The minimum atomic E-state index is -0.432. The van der Waals surface area contributed by atoms with Crippen molar-refractivity contribution in [2.45, 2.75) is 31.6 Å². The summed E-state index contributed by atoms with van der Waals surface area (Å²) in [7, 11) is 0. The van der Waals surface area contributed by atoms with Gasteiger partial charge < -0.3 is 21.1 Å². The van der Waals surface area contributed by atoms with Crippen molar-refractivity contribution in [1.82, 2.24) is 10.3 Å². The largest absolute Gasteiger partial charge is 0.364 e. The molecule has 7 heteroatoms. The van der Waals surface area contributed by atoms with Crippen molar-refractivity contribution in [2.75, 3.05) is 11.9 Å². The van der Waals surface area contributed by atoms with E-state index in [2.05, 4.69) is 15.6 Å². The van der Waals surface area contributed by atoms with Crippen LogP contribution in [0.15, 0.2) is 48.8 Å². The van der Waals surface area contributed by atoms with Crippen molar-refractivity contribution < 1.29 is 14.3 Å². The molecule has 0 radical (unpaired) electrons. The van der Waals surface area contributed by atoms with Crippen LogP contribution in [-0.4, -0.2) is 35.6 Å². The van der Waals surface area contributed by atoms with E-state index in [1.807, 2.05) is 18.2 Å². The molecule has 0 bridgehead atoms. The number of anilines is 1. The fourth-order valence-electron chi connectivity index (χ4n) is 2.84. The van der Waals surface area contributed by atoms with Gasteiger partial charge in [-0.3, -0.25) is 14.6 Å². The van der Waals surface area contributed by atoms with Crippen molar-refractivity contribution in [2.24, 2.45) is 5.73 Å². The molecule has 136 valence electrons. The quantitative estimate of drug-likeness (QED) is 0.728. The molecule has 3 rings (SSSR count). The number of nitrogens with two attached hydrogens (primary N) is 1. The molecule has 26 heavy (non-hydrogen) atoms. The molecule has 2 heterocycles. The second kappa shape index (κ2) is 8.55. The van der Waals surface area contributed by atoms with Gasteiger partial charge in [0.05, 0.1) is 6.10 Å². The molecule has 2 atom stereocenters. The van der Waals surface area contributed by atoms with Crippen LogP contribution in [0.3, 0.4) is 0 Å². The molecular weight excluding hydrogens is 332 g/mol. The minimum Gasteiger partial charge on any atom is -0.364 e. The van der Waals surface area contributed by atoms with Crippen molar-refractivity contribution in [3.8, 4) is 0 Å². The molecule has 4 N–H and O–H groups in total. The van der Waals surface area contributed by atoms with Gasteiger partial charge in [-0.1, -0.05) is 12.1 Å². The smallest absolute Gasteiger partial charge is 0.255 e. The maximum atomic E-state index is 12.2. The lowest BCUT2D eigenvalue weighted by Gasteiger charge is -2.13. The number of rotatable bonds is 6. The first-order valence-corrected chi connectivity index (χ1v) is 8.59. The van der Waals surface area contributed by atoms with E-state index in [0.29, 0.717) is 30.8 Å². The summed E-state index contributed by atoms with van der Waals surface area (Å²) in [5, 5.41) is 5.71. The lowest BCUT2D eigenvalue weighted by atomic mass is 10.1. The second-order valence-electron chi connectivity index (χ2n) is 6.17. The van der Waals surface area contributed by atoms with Crippen LogP contribution in [0.5, 0.6) is 0 Å². The summed E-state index contributed by atoms with van der Waals surface area (Å²) in [5.74, 6) is -0.340. The molecule has 1 saturated heterocycles. The highest BCUT2D eigenvalue weighted by Gasteiger charge is 2.29. The molecule has 0 spiro atoms. The van der Waals surface area contributed by atoms with E-state index in [1.54, 1.807) is 30.6 Å². The van der Waals surface area contributed by atoms with E-state index < -0.39 is 6.10 Å². The monoisotopic (exact) mass is 354 g/mol. The molecule has 2 aromatic rings. The molecule has 1 aromatic heterocycles. The number of carbonyl (C=O) groups is 2. The van der Waals surface area contributed by atoms with Crippen LogP contribution in [0.25, 0.3) is 0 Å². The molecule has 1 fully saturated rings. The standard InChI is InChI=1S/C19H22N4O3/c20-11-16-4-5-17(26-16)19(25)22-12-13-2-1-3-15(10-13)23-18(24)14-6-8-21-9-7-14/h1-3,6-10,16-17H,4-5,11-12,20H2,(H,22,25)(H,23,24)/t16-,17+/m1/s1. The first kappa shape index (κ1) is 18.0. The Bertz CT molecular complexity index is 766. The van der Waals surface area contributed by atoms with Gasteiger partial charge >= 0.3 is 0 Å². The van der Waals surface area contributed by atoms with Gasteiger partial charge in [-0.2, -0.15) is 0 Å². The Morgan fingerprint density at radius 2 is 2.00 bits per heavy atom. The number of pyridine rings is 1. The summed E-state index contributed by atoms with van der Waals surface area (Å²) >= 11 is 0. The summed E-state index contributed by atoms with van der Waals surface area (Å²) in [4.78, 5) is 28.3. The van der Waals surface area contributed by atoms with Gasteiger partial charge in [-0.05, 0) is 42.7 Å². The third-order valence-corrected chi connectivity index (χ3v) is 4.26. The average molecular weight is 354 g/mol. The summed E-state index contributed by atoms with van der Waals surface area (Å²) in [6.07, 6.45) is 4.18. The number of hydrogen-bond acceptors (Lipinski definition) is 5. The van der Waals surface area contributed by atoms with Crippen LogP contribution in [0.4, 0.5) is 5.69 Å². The van der Waals surface area contributed by atoms with Crippen LogP contribution >= 0.6 is 0 Å².